The van der Waals surface area contributed by atoms with Gasteiger partial charge in [-0.15, -0.1) is 11.3 Å². The summed E-state index contributed by atoms with van der Waals surface area (Å²) in [6.07, 6.45) is 5.78. The maximum Gasteiger partial charge on any atom is 0.225 e. The number of anilines is 1. The Morgan fingerprint density at radius 1 is 1.35 bits per heavy atom. The molecule has 2 aromatic rings. The van der Waals surface area contributed by atoms with Crippen LogP contribution in [0.1, 0.15) is 35.8 Å². The quantitative estimate of drug-likeness (QED) is 0.915. The first kappa shape index (κ1) is 14.6. The zero-order valence-corrected chi connectivity index (χ0v) is 13.8. The second-order valence-corrected chi connectivity index (χ2v) is 7.34. The van der Waals surface area contributed by atoms with Crippen molar-refractivity contribution in [3.05, 3.63) is 40.3 Å². The van der Waals surface area contributed by atoms with E-state index >= 15 is 0 Å². The lowest BCUT2D eigenvalue weighted by atomic mass is 10.2. The summed E-state index contributed by atoms with van der Waals surface area (Å²) in [7, 11) is 0. The molecule has 5 nitrogen and oxygen atoms in total. The predicted octanol–water partition coefficient (Wildman–Crippen LogP) is 2.35. The summed E-state index contributed by atoms with van der Waals surface area (Å²) in [5.41, 5.74) is 1.17. The molecule has 1 aliphatic heterocycles. The Labute approximate surface area is 139 Å². The maximum atomic E-state index is 12.1. The Morgan fingerprint density at radius 2 is 2.26 bits per heavy atom. The third-order valence-corrected chi connectivity index (χ3v) is 5.29. The van der Waals surface area contributed by atoms with Crippen LogP contribution in [0.3, 0.4) is 0 Å². The zero-order chi connectivity index (χ0) is 15.6. The van der Waals surface area contributed by atoms with Gasteiger partial charge in [-0.1, -0.05) is 6.07 Å². The molecule has 2 aromatic heterocycles. The molecule has 3 heterocycles. The van der Waals surface area contributed by atoms with Gasteiger partial charge < -0.3 is 10.2 Å². The number of rotatable bonds is 5. The largest absolute Gasteiger partial charge is 0.351 e. The van der Waals surface area contributed by atoms with Crippen LogP contribution in [0.25, 0.3) is 0 Å². The van der Waals surface area contributed by atoms with Crippen LogP contribution in [-0.4, -0.2) is 35.0 Å². The molecule has 0 aromatic carbocycles. The Hall–Kier alpha value is -1.95. The molecular weight excluding hydrogens is 308 g/mol. The topological polar surface area (TPSA) is 58.1 Å². The first-order chi connectivity index (χ1) is 11.3. The number of nitrogens with one attached hydrogen (secondary N) is 1. The van der Waals surface area contributed by atoms with Gasteiger partial charge >= 0.3 is 0 Å². The van der Waals surface area contributed by atoms with Crippen LogP contribution in [0.4, 0.5) is 5.95 Å². The van der Waals surface area contributed by atoms with Crippen molar-refractivity contribution >= 4 is 23.2 Å². The van der Waals surface area contributed by atoms with Crippen molar-refractivity contribution in [1.82, 2.24) is 15.3 Å². The van der Waals surface area contributed by atoms with E-state index in [0.29, 0.717) is 12.3 Å². The van der Waals surface area contributed by atoms with Crippen LogP contribution in [0.15, 0.2) is 29.8 Å². The Kier molecular flexibility index (Phi) is 3.99. The van der Waals surface area contributed by atoms with E-state index in [4.69, 9.17) is 4.98 Å². The molecule has 0 bridgehead atoms. The summed E-state index contributed by atoms with van der Waals surface area (Å²) >= 11 is 1.63. The fourth-order valence-corrected chi connectivity index (χ4v) is 3.73. The van der Waals surface area contributed by atoms with Crippen LogP contribution >= 0.6 is 11.3 Å². The number of nitrogens with zero attached hydrogens (tertiary/aromatic N) is 3. The molecule has 0 spiro atoms. The number of aromatic nitrogens is 2. The van der Waals surface area contributed by atoms with E-state index < -0.39 is 0 Å². The summed E-state index contributed by atoms with van der Waals surface area (Å²) in [6, 6.07) is 6.20. The summed E-state index contributed by atoms with van der Waals surface area (Å²) in [6.45, 7) is 1.70. The lowest BCUT2D eigenvalue weighted by molar-refractivity contribution is -0.120. The molecule has 120 valence electrons. The van der Waals surface area contributed by atoms with Gasteiger partial charge in [0, 0.05) is 41.8 Å². The highest BCUT2D eigenvalue weighted by atomic mass is 32.1. The number of hydrogen-bond donors (Lipinski definition) is 1. The molecule has 1 saturated carbocycles. The molecule has 1 atom stereocenters. The monoisotopic (exact) mass is 328 g/mol. The van der Waals surface area contributed by atoms with Gasteiger partial charge in [0.1, 0.15) is 0 Å². The van der Waals surface area contributed by atoms with E-state index in [1.54, 1.807) is 11.3 Å². The highest BCUT2D eigenvalue weighted by Gasteiger charge is 2.28. The summed E-state index contributed by atoms with van der Waals surface area (Å²) < 4.78 is 0. The number of amides is 1. The molecular formula is C17H20N4OS. The van der Waals surface area contributed by atoms with Gasteiger partial charge in [0.25, 0.3) is 0 Å². The molecule has 2 aliphatic rings. The smallest absolute Gasteiger partial charge is 0.225 e. The van der Waals surface area contributed by atoms with Crippen molar-refractivity contribution in [1.29, 1.82) is 0 Å². The summed E-state index contributed by atoms with van der Waals surface area (Å²) in [4.78, 5) is 24.5. The van der Waals surface area contributed by atoms with Crippen molar-refractivity contribution < 1.29 is 4.79 Å². The van der Waals surface area contributed by atoms with Gasteiger partial charge in [0.2, 0.25) is 11.9 Å². The van der Waals surface area contributed by atoms with Gasteiger partial charge in [-0.25, -0.2) is 9.97 Å². The third-order valence-electron chi connectivity index (χ3n) is 4.41. The molecule has 1 saturated heterocycles. The van der Waals surface area contributed by atoms with Crippen LogP contribution < -0.4 is 10.2 Å². The number of carbonyl (C=O) groups is 1. The Bertz CT molecular complexity index is 684. The average Bonchev–Trinajstić information content (AvgIpc) is 3.10. The highest BCUT2D eigenvalue weighted by Crippen LogP contribution is 2.39. The summed E-state index contributed by atoms with van der Waals surface area (Å²) in [5, 5.41) is 5.14. The molecule has 2 fully saturated rings. The fourth-order valence-electron chi connectivity index (χ4n) is 3.03. The second-order valence-electron chi connectivity index (χ2n) is 6.31. The van der Waals surface area contributed by atoms with E-state index in [1.807, 2.05) is 29.8 Å². The van der Waals surface area contributed by atoms with E-state index in [9.17, 15) is 4.79 Å². The van der Waals surface area contributed by atoms with E-state index in [-0.39, 0.29) is 11.9 Å². The van der Waals surface area contributed by atoms with Crippen molar-refractivity contribution in [2.24, 2.45) is 0 Å². The van der Waals surface area contributed by atoms with Gasteiger partial charge in [-0.3, -0.25) is 4.79 Å². The minimum absolute atomic E-state index is 0.104. The van der Waals surface area contributed by atoms with E-state index in [0.717, 1.165) is 30.3 Å². The fraction of sp³-hybridized carbons (Fsp3) is 0.471. The normalized spacial score (nSPS) is 20.7. The lowest BCUT2D eigenvalue weighted by Gasteiger charge is -2.17. The van der Waals surface area contributed by atoms with Gasteiger partial charge in [-0.05, 0) is 36.8 Å². The first-order valence-electron chi connectivity index (χ1n) is 8.17. The van der Waals surface area contributed by atoms with Crippen molar-refractivity contribution in [3.63, 3.8) is 0 Å². The van der Waals surface area contributed by atoms with Crippen LogP contribution in [0, 0.1) is 0 Å². The summed E-state index contributed by atoms with van der Waals surface area (Å²) in [5.74, 6) is 1.55. The molecule has 1 unspecified atom stereocenters. The first-order valence-corrected chi connectivity index (χ1v) is 9.05. The Morgan fingerprint density at radius 3 is 3.04 bits per heavy atom. The molecule has 0 radical (unpaired) electrons. The SMILES string of the molecule is O=C(Cc1cccs1)NC1CCN(c2nccc(C3CC3)n2)C1. The van der Waals surface area contributed by atoms with Crippen molar-refractivity contribution in [2.75, 3.05) is 18.0 Å². The van der Waals surface area contributed by atoms with Crippen LogP contribution in [-0.2, 0) is 11.2 Å². The molecule has 1 amide bonds. The lowest BCUT2D eigenvalue weighted by Crippen LogP contribution is -2.38. The van der Waals surface area contributed by atoms with E-state index in [1.165, 1.54) is 18.5 Å². The van der Waals surface area contributed by atoms with Crippen molar-refractivity contribution in [3.8, 4) is 0 Å². The average molecular weight is 328 g/mol. The van der Waals surface area contributed by atoms with Crippen LogP contribution in [0.5, 0.6) is 0 Å². The third kappa shape index (κ3) is 3.52. The predicted molar refractivity (Wildman–Crippen MR) is 90.8 cm³/mol. The zero-order valence-electron chi connectivity index (χ0n) is 12.9. The van der Waals surface area contributed by atoms with Gasteiger partial charge in [-0.2, -0.15) is 0 Å². The molecule has 1 aliphatic carbocycles. The number of carbonyl (C=O) groups excluding carboxylic acids is 1. The number of thiophene rings is 1. The standard InChI is InChI=1S/C17H20N4OS/c22-16(10-14-2-1-9-23-14)19-13-6-8-21(11-13)17-18-7-5-15(20-17)12-3-4-12/h1-2,5,7,9,12-13H,3-4,6,8,10-11H2,(H,19,22). The molecule has 6 heteroatoms. The number of hydrogen-bond acceptors (Lipinski definition) is 5. The molecule has 4 rings (SSSR count). The van der Waals surface area contributed by atoms with Gasteiger partial charge in [0.05, 0.1) is 6.42 Å². The minimum Gasteiger partial charge on any atom is -0.351 e. The molecule has 1 N–H and O–H groups in total. The van der Waals surface area contributed by atoms with Gasteiger partial charge in [0.15, 0.2) is 0 Å². The highest BCUT2D eigenvalue weighted by molar-refractivity contribution is 7.10. The Balaban J connectivity index is 1.33. The maximum absolute atomic E-state index is 12.1. The van der Waals surface area contributed by atoms with E-state index in [2.05, 4.69) is 15.2 Å². The van der Waals surface area contributed by atoms with Crippen molar-refractivity contribution in [2.45, 2.75) is 37.6 Å². The molecule has 23 heavy (non-hydrogen) atoms. The minimum atomic E-state index is 0.104. The van der Waals surface area contributed by atoms with Crippen LogP contribution in [0.2, 0.25) is 0 Å². The second kappa shape index (κ2) is 6.28.